The molecule has 0 saturated carbocycles. The third-order valence-corrected chi connectivity index (χ3v) is 4.85. The summed E-state index contributed by atoms with van der Waals surface area (Å²) >= 11 is 0. The van der Waals surface area contributed by atoms with Gasteiger partial charge in [-0.15, -0.1) is 0 Å². The van der Waals surface area contributed by atoms with Gasteiger partial charge in [-0.2, -0.15) is 0 Å². The van der Waals surface area contributed by atoms with Crippen LogP contribution >= 0.6 is 0 Å². The fraction of sp³-hybridized carbons (Fsp3) is 0.667. The van der Waals surface area contributed by atoms with Crippen molar-refractivity contribution in [3.05, 3.63) is 29.8 Å². The molecule has 0 spiro atoms. The molecule has 2 heterocycles. The van der Waals surface area contributed by atoms with Gasteiger partial charge in [-0.25, -0.2) is 0 Å². The molecular formula is C18H28N2O3. The first-order valence-corrected chi connectivity index (χ1v) is 8.63. The zero-order valence-electron chi connectivity index (χ0n) is 13.9. The first kappa shape index (κ1) is 16.7. The highest BCUT2D eigenvalue weighted by Gasteiger charge is 2.30. The van der Waals surface area contributed by atoms with Crippen molar-refractivity contribution in [1.29, 1.82) is 0 Å². The Balaban J connectivity index is 1.57. The van der Waals surface area contributed by atoms with Gasteiger partial charge in [-0.05, 0) is 50.7 Å². The van der Waals surface area contributed by atoms with Crippen LogP contribution in [0.2, 0.25) is 0 Å². The lowest BCUT2D eigenvalue weighted by molar-refractivity contribution is -0.00994. The largest absolute Gasteiger partial charge is 0.489 e. The normalized spacial score (nSPS) is 27.0. The standard InChI is InChI=1S/C18H28N2O3/c1-20-9-6-15(7-10-20)19-17-13-22-11-8-18(17)23-16-4-2-14(12-21)3-5-16/h2-5,15,17-19,21H,6-13H2,1H3/t17-,18-/m1/s1. The quantitative estimate of drug-likeness (QED) is 0.859. The number of rotatable bonds is 5. The van der Waals surface area contributed by atoms with Crippen LogP contribution in [0.25, 0.3) is 0 Å². The van der Waals surface area contributed by atoms with Crippen LogP contribution in [0, 0.1) is 0 Å². The van der Waals surface area contributed by atoms with Crippen molar-refractivity contribution < 1.29 is 14.6 Å². The molecule has 5 heteroatoms. The third kappa shape index (κ3) is 4.67. The molecule has 0 bridgehead atoms. The molecular weight excluding hydrogens is 292 g/mol. The van der Waals surface area contributed by atoms with E-state index in [1.807, 2.05) is 24.3 Å². The van der Waals surface area contributed by atoms with Gasteiger partial charge in [0, 0.05) is 12.5 Å². The Hall–Kier alpha value is -1.14. The van der Waals surface area contributed by atoms with Gasteiger partial charge in [-0.3, -0.25) is 0 Å². The molecule has 0 unspecified atom stereocenters. The van der Waals surface area contributed by atoms with Gasteiger partial charge in [-0.1, -0.05) is 12.1 Å². The maximum atomic E-state index is 9.12. The molecule has 0 amide bonds. The predicted octanol–water partition coefficient (Wildman–Crippen LogP) is 1.40. The summed E-state index contributed by atoms with van der Waals surface area (Å²) in [4.78, 5) is 2.38. The molecule has 2 N–H and O–H groups in total. The minimum Gasteiger partial charge on any atom is -0.489 e. The fourth-order valence-corrected chi connectivity index (χ4v) is 3.34. The Labute approximate surface area is 138 Å². The highest BCUT2D eigenvalue weighted by atomic mass is 16.5. The molecule has 128 valence electrons. The molecule has 1 aromatic carbocycles. The number of piperidine rings is 1. The Kier molecular flexibility index (Phi) is 5.89. The summed E-state index contributed by atoms with van der Waals surface area (Å²) in [6.07, 6.45) is 3.42. The first-order valence-electron chi connectivity index (χ1n) is 8.63. The zero-order valence-corrected chi connectivity index (χ0v) is 13.9. The molecule has 2 saturated heterocycles. The summed E-state index contributed by atoms with van der Waals surface area (Å²) in [6.45, 7) is 3.84. The number of nitrogens with one attached hydrogen (secondary N) is 1. The summed E-state index contributed by atoms with van der Waals surface area (Å²) in [6, 6.07) is 8.50. The first-order chi connectivity index (χ1) is 11.2. The number of ether oxygens (including phenoxy) is 2. The highest BCUT2D eigenvalue weighted by Crippen LogP contribution is 2.20. The molecule has 2 fully saturated rings. The molecule has 2 aliphatic rings. The average Bonchev–Trinajstić information content (AvgIpc) is 2.59. The van der Waals surface area contributed by atoms with Gasteiger partial charge in [0.15, 0.2) is 0 Å². The molecule has 2 aliphatic heterocycles. The molecule has 3 rings (SSSR count). The number of hydrogen-bond donors (Lipinski definition) is 2. The van der Waals surface area contributed by atoms with E-state index in [0.29, 0.717) is 12.6 Å². The van der Waals surface area contributed by atoms with E-state index < -0.39 is 0 Å². The van der Waals surface area contributed by atoms with Crippen LogP contribution < -0.4 is 10.1 Å². The highest BCUT2D eigenvalue weighted by molar-refractivity contribution is 5.27. The maximum Gasteiger partial charge on any atom is 0.119 e. The minimum atomic E-state index is 0.0673. The van der Waals surface area contributed by atoms with Crippen LogP contribution in [0.15, 0.2) is 24.3 Å². The second-order valence-corrected chi connectivity index (χ2v) is 6.67. The van der Waals surface area contributed by atoms with Gasteiger partial charge >= 0.3 is 0 Å². The van der Waals surface area contributed by atoms with Crippen molar-refractivity contribution in [2.24, 2.45) is 0 Å². The van der Waals surface area contributed by atoms with E-state index in [-0.39, 0.29) is 18.8 Å². The molecule has 0 aliphatic carbocycles. The lowest BCUT2D eigenvalue weighted by Crippen LogP contribution is -2.55. The number of nitrogens with zero attached hydrogens (tertiary/aromatic N) is 1. The lowest BCUT2D eigenvalue weighted by atomic mass is 10.0. The van der Waals surface area contributed by atoms with Crippen molar-refractivity contribution in [2.45, 2.75) is 44.1 Å². The van der Waals surface area contributed by atoms with Crippen LogP contribution in [-0.4, -0.2) is 61.5 Å². The van der Waals surface area contributed by atoms with Crippen LogP contribution in [0.5, 0.6) is 5.75 Å². The van der Waals surface area contributed by atoms with Crippen molar-refractivity contribution >= 4 is 0 Å². The summed E-state index contributed by atoms with van der Waals surface area (Å²) in [7, 11) is 2.18. The summed E-state index contributed by atoms with van der Waals surface area (Å²) in [5, 5.41) is 12.9. The van der Waals surface area contributed by atoms with E-state index in [4.69, 9.17) is 14.6 Å². The molecule has 0 radical (unpaired) electrons. The molecule has 1 aromatic rings. The van der Waals surface area contributed by atoms with Gasteiger partial charge in [0.2, 0.25) is 0 Å². The SMILES string of the molecule is CN1CCC(N[C@@H]2COCC[C@H]2Oc2ccc(CO)cc2)CC1. The lowest BCUT2D eigenvalue weighted by Gasteiger charge is -2.37. The Morgan fingerprint density at radius 3 is 2.65 bits per heavy atom. The van der Waals surface area contributed by atoms with E-state index in [1.165, 1.54) is 12.8 Å². The predicted molar refractivity (Wildman–Crippen MR) is 89.7 cm³/mol. The number of aliphatic hydroxyl groups excluding tert-OH is 1. The Morgan fingerprint density at radius 1 is 1.22 bits per heavy atom. The number of likely N-dealkylation sites (tertiary alicyclic amines) is 1. The monoisotopic (exact) mass is 320 g/mol. The Bertz CT molecular complexity index is 472. The van der Waals surface area contributed by atoms with E-state index >= 15 is 0 Å². The number of hydrogen-bond acceptors (Lipinski definition) is 5. The van der Waals surface area contributed by atoms with E-state index in [1.54, 1.807) is 0 Å². The van der Waals surface area contributed by atoms with E-state index in [2.05, 4.69) is 17.3 Å². The van der Waals surface area contributed by atoms with Crippen LogP contribution in [-0.2, 0) is 11.3 Å². The van der Waals surface area contributed by atoms with Gasteiger partial charge in [0.25, 0.3) is 0 Å². The maximum absolute atomic E-state index is 9.12. The second-order valence-electron chi connectivity index (χ2n) is 6.67. The molecule has 5 nitrogen and oxygen atoms in total. The van der Waals surface area contributed by atoms with Crippen LogP contribution in [0.1, 0.15) is 24.8 Å². The number of aliphatic hydroxyl groups is 1. The summed E-state index contributed by atoms with van der Waals surface area (Å²) in [5.74, 6) is 0.865. The molecule has 2 atom stereocenters. The third-order valence-electron chi connectivity index (χ3n) is 4.85. The van der Waals surface area contributed by atoms with E-state index in [9.17, 15) is 0 Å². The Morgan fingerprint density at radius 2 is 1.96 bits per heavy atom. The van der Waals surface area contributed by atoms with Crippen molar-refractivity contribution in [2.75, 3.05) is 33.4 Å². The number of benzene rings is 1. The van der Waals surface area contributed by atoms with Gasteiger partial charge in [0.1, 0.15) is 11.9 Å². The van der Waals surface area contributed by atoms with Gasteiger partial charge < -0.3 is 24.8 Å². The average molecular weight is 320 g/mol. The summed E-state index contributed by atoms with van der Waals surface area (Å²) < 4.78 is 11.9. The smallest absolute Gasteiger partial charge is 0.119 e. The van der Waals surface area contributed by atoms with Crippen molar-refractivity contribution in [1.82, 2.24) is 10.2 Å². The second kappa shape index (κ2) is 8.11. The summed E-state index contributed by atoms with van der Waals surface area (Å²) in [5.41, 5.74) is 0.908. The zero-order chi connectivity index (χ0) is 16.1. The minimum absolute atomic E-state index is 0.0673. The van der Waals surface area contributed by atoms with Gasteiger partial charge in [0.05, 0.1) is 25.9 Å². The van der Waals surface area contributed by atoms with Crippen molar-refractivity contribution in [3.63, 3.8) is 0 Å². The fourth-order valence-electron chi connectivity index (χ4n) is 3.34. The van der Waals surface area contributed by atoms with Crippen molar-refractivity contribution in [3.8, 4) is 5.75 Å². The molecule has 0 aromatic heterocycles. The van der Waals surface area contributed by atoms with Crippen LogP contribution in [0.4, 0.5) is 0 Å². The molecule has 23 heavy (non-hydrogen) atoms. The topological polar surface area (TPSA) is 54.0 Å². The van der Waals surface area contributed by atoms with Crippen LogP contribution in [0.3, 0.4) is 0 Å². The van der Waals surface area contributed by atoms with E-state index in [0.717, 1.165) is 37.4 Å².